The van der Waals surface area contributed by atoms with Gasteiger partial charge in [0.15, 0.2) is 0 Å². The molecule has 0 spiro atoms. The molecule has 0 aliphatic carbocycles. The summed E-state index contributed by atoms with van der Waals surface area (Å²) in [6.45, 7) is 1.50. The van der Waals surface area contributed by atoms with Crippen LogP contribution in [-0.4, -0.2) is 20.7 Å². The third-order valence-corrected chi connectivity index (χ3v) is 3.29. The van der Waals surface area contributed by atoms with Gasteiger partial charge in [-0.05, 0) is 36.1 Å². The number of nitrogens with zero attached hydrogens (tertiary/aromatic N) is 1. The highest BCUT2D eigenvalue weighted by Gasteiger charge is 1.98. The molecule has 0 aromatic heterocycles. The van der Waals surface area contributed by atoms with Crippen LogP contribution in [0.2, 0.25) is 0 Å². The summed E-state index contributed by atoms with van der Waals surface area (Å²) in [5.41, 5.74) is 3.83. The van der Waals surface area contributed by atoms with Gasteiger partial charge in [-0.25, -0.2) is 0 Å². The van der Waals surface area contributed by atoms with Gasteiger partial charge in [0, 0.05) is 26.4 Å². The predicted octanol–water partition coefficient (Wildman–Crippen LogP) is 3.90. The van der Waals surface area contributed by atoms with Crippen LogP contribution in [-0.2, 0) is 17.8 Å². The Kier molecular flexibility index (Phi) is 5.63. The molecular formula is C18H23NO. The fourth-order valence-electron chi connectivity index (χ4n) is 2.14. The molecule has 0 saturated heterocycles. The van der Waals surface area contributed by atoms with Crippen LogP contribution >= 0.6 is 0 Å². The molecule has 2 heteroatoms. The molecular weight excluding hydrogens is 246 g/mol. The van der Waals surface area contributed by atoms with Crippen LogP contribution in [0, 0.1) is 0 Å². The van der Waals surface area contributed by atoms with E-state index in [0.717, 1.165) is 19.4 Å². The lowest BCUT2D eigenvalue weighted by molar-refractivity contribution is 0.119. The van der Waals surface area contributed by atoms with Gasteiger partial charge in [-0.3, -0.25) is 0 Å². The highest BCUT2D eigenvalue weighted by Crippen LogP contribution is 2.14. The monoisotopic (exact) mass is 269 g/mol. The van der Waals surface area contributed by atoms with Gasteiger partial charge in [0.1, 0.15) is 0 Å². The van der Waals surface area contributed by atoms with Crippen molar-refractivity contribution in [3.8, 4) is 0 Å². The zero-order valence-electron chi connectivity index (χ0n) is 12.4. The molecule has 0 bridgehead atoms. The summed E-state index contributed by atoms with van der Waals surface area (Å²) in [6, 6.07) is 19.0. The molecule has 0 fully saturated rings. The van der Waals surface area contributed by atoms with Gasteiger partial charge in [0.25, 0.3) is 0 Å². The van der Waals surface area contributed by atoms with E-state index in [9.17, 15) is 0 Å². The smallest absolute Gasteiger partial charge is 0.0717 e. The Morgan fingerprint density at radius 2 is 1.65 bits per heavy atom. The number of benzene rings is 2. The molecule has 0 atom stereocenters. The molecule has 0 unspecified atom stereocenters. The van der Waals surface area contributed by atoms with Crippen LogP contribution in [0.3, 0.4) is 0 Å². The van der Waals surface area contributed by atoms with Gasteiger partial charge < -0.3 is 9.64 Å². The molecule has 106 valence electrons. The first kappa shape index (κ1) is 14.6. The van der Waals surface area contributed by atoms with Crippen molar-refractivity contribution in [2.24, 2.45) is 0 Å². The minimum atomic E-state index is 0.691. The molecule has 0 radical (unpaired) electrons. The molecule has 2 aromatic rings. The van der Waals surface area contributed by atoms with E-state index >= 15 is 0 Å². The highest BCUT2D eigenvalue weighted by atomic mass is 16.5. The molecule has 0 heterocycles. The lowest BCUT2D eigenvalue weighted by Crippen LogP contribution is -2.08. The van der Waals surface area contributed by atoms with E-state index in [-0.39, 0.29) is 0 Å². The van der Waals surface area contributed by atoms with Crippen LogP contribution in [0.25, 0.3) is 0 Å². The summed E-state index contributed by atoms with van der Waals surface area (Å²) in [5, 5.41) is 0. The van der Waals surface area contributed by atoms with Crippen molar-refractivity contribution in [1.29, 1.82) is 0 Å². The quantitative estimate of drug-likeness (QED) is 0.707. The second-order valence-electron chi connectivity index (χ2n) is 5.21. The van der Waals surface area contributed by atoms with Gasteiger partial charge in [0.2, 0.25) is 0 Å². The Bertz CT molecular complexity index is 508. The van der Waals surface area contributed by atoms with E-state index in [1.807, 2.05) is 0 Å². The van der Waals surface area contributed by atoms with Crippen molar-refractivity contribution < 1.29 is 4.74 Å². The van der Waals surface area contributed by atoms with Gasteiger partial charge in [-0.1, -0.05) is 42.5 Å². The van der Waals surface area contributed by atoms with Crippen molar-refractivity contribution in [2.75, 3.05) is 25.6 Å². The van der Waals surface area contributed by atoms with E-state index in [2.05, 4.69) is 73.6 Å². The number of ether oxygens (including phenoxy) is 1. The highest BCUT2D eigenvalue weighted by molar-refractivity contribution is 5.46. The van der Waals surface area contributed by atoms with E-state index in [1.165, 1.54) is 16.8 Å². The predicted molar refractivity (Wildman–Crippen MR) is 85.2 cm³/mol. The third-order valence-electron chi connectivity index (χ3n) is 3.29. The average molecular weight is 269 g/mol. The van der Waals surface area contributed by atoms with E-state index in [0.29, 0.717) is 6.61 Å². The maximum atomic E-state index is 5.76. The van der Waals surface area contributed by atoms with Gasteiger partial charge in [0.05, 0.1) is 6.61 Å². The molecule has 2 rings (SSSR count). The Labute approximate surface area is 122 Å². The van der Waals surface area contributed by atoms with Crippen molar-refractivity contribution in [2.45, 2.75) is 19.4 Å². The summed E-state index contributed by atoms with van der Waals surface area (Å²) in [5.74, 6) is 0. The molecule has 0 saturated carbocycles. The fraction of sp³-hybridized carbons (Fsp3) is 0.333. The maximum absolute atomic E-state index is 5.76. The van der Waals surface area contributed by atoms with Crippen LogP contribution < -0.4 is 4.90 Å². The number of hydrogen-bond donors (Lipinski definition) is 0. The van der Waals surface area contributed by atoms with Crippen LogP contribution in [0.5, 0.6) is 0 Å². The summed E-state index contributed by atoms with van der Waals surface area (Å²) < 4.78 is 5.76. The minimum absolute atomic E-state index is 0.691. The topological polar surface area (TPSA) is 12.5 Å². The zero-order chi connectivity index (χ0) is 14.2. The SMILES string of the molecule is CN(C)c1cccc(COCCCc2ccccc2)c1. The maximum Gasteiger partial charge on any atom is 0.0717 e. The second kappa shape index (κ2) is 7.71. The number of anilines is 1. The summed E-state index contributed by atoms with van der Waals surface area (Å²) >= 11 is 0. The number of rotatable bonds is 7. The second-order valence-corrected chi connectivity index (χ2v) is 5.21. The van der Waals surface area contributed by atoms with Crippen LogP contribution in [0.15, 0.2) is 54.6 Å². The molecule has 0 aliphatic rings. The lowest BCUT2D eigenvalue weighted by Gasteiger charge is -2.13. The van der Waals surface area contributed by atoms with E-state index in [1.54, 1.807) is 0 Å². The van der Waals surface area contributed by atoms with Gasteiger partial charge >= 0.3 is 0 Å². The Morgan fingerprint density at radius 1 is 0.900 bits per heavy atom. The third kappa shape index (κ3) is 4.71. The van der Waals surface area contributed by atoms with Gasteiger partial charge in [-0.15, -0.1) is 0 Å². The standard InChI is InChI=1S/C18H23NO/c1-19(2)18-12-6-10-17(14-18)15-20-13-7-11-16-8-4-3-5-9-16/h3-6,8-10,12,14H,7,11,13,15H2,1-2H3. The lowest BCUT2D eigenvalue weighted by atomic mass is 10.1. The number of aryl methyl sites for hydroxylation is 1. The zero-order valence-corrected chi connectivity index (χ0v) is 12.4. The van der Waals surface area contributed by atoms with E-state index in [4.69, 9.17) is 4.74 Å². The van der Waals surface area contributed by atoms with Crippen molar-refractivity contribution >= 4 is 5.69 Å². The molecule has 20 heavy (non-hydrogen) atoms. The molecule has 2 aromatic carbocycles. The fourth-order valence-corrected chi connectivity index (χ4v) is 2.14. The largest absolute Gasteiger partial charge is 0.378 e. The van der Waals surface area contributed by atoms with Crippen molar-refractivity contribution in [1.82, 2.24) is 0 Å². The molecule has 0 aliphatic heterocycles. The molecule has 0 amide bonds. The first-order valence-corrected chi connectivity index (χ1v) is 7.13. The molecule has 2 nitrogen and oxygen atoms in total. The van der Waals surface area contributed by atoms with Crippen LogP contribution in [0.4, 0.5) is 5.69 Å². The Hall–Kier alpha value is -1.80. The molecule has 0 N–H and O–H groups in total. The summed E-state index contributed by atoms with van der Waals surface area (Å²) in [7, 11) is 4.11. The normalized spacial score (nSPS) is 10.5. The van der Waals surface area contributed by atoms with Crippen molar-refractivity contribution in [3.05, 3.63) is 65.7 Å². The van der Waals surface area contributed by atoms with Crippen molar-refractivity contribution in [3.63, 3.8) is 0 Å². The Balaban J connectivity index is 1.69. The summed E-state index contributed by atoms with van der Waals surface area (Å²) in [6.07, 6.45) is 2.15. The minimum Gasteiger partial charge on any atom is -0.378 e. The number of hydrogen-bond acceptors (Lipinski definition) is 2. The van der Waals surface area contributed by atoms with Gasteiger partial charge in [-0.2, -0.15) is 0 Å². The summed E-state index contributed by atoms with van der Waals surface area (Å²) in [4.78, 5) is 2.11. The van der Waals surface area contributed by atoms with E-state index < -0.39 is 0 Å². The van der Waals surface area contributed by atoms with Crippen LogP contribution in [0.1, 0.15) is 17.5 Å². The first-order valence-electron chi connectivity index (χ1n) is 7.13. The Morgan fingerprint density at radius 3 is 2.40 bits per heavy atom. The average Bonchev–Trinajstić information content (AvgIpc) is 2.48. The first-order chi connectivity index (χ1) is 9.75.